The monoisotopic (exact) mass is 223 g/mol. The number of carbonyl (C=O) groups excluding carboxylic acids is 1. The first kappa shape index (κ1) is 10.3. The molecule has 1 aliphatic rings. The predicted molar refractivity (Wildman–Crippen MR) is 53.4 cm³/mol. The third kappa shape index (κ3) is 1.77. The molecule has 1 aromatic carbocycles. The van der Waals surface area contributed by atoms with Gasteiger partial charge in [-0.05, 0) is 12.1 Å². The predicted octanol–water partition coefficient (Wildman–Crippen LogP) is 0.802. The molecule has 2 N–H and O–H groups in total. The van der Waals surface area contributed by atoms with Gasteiger partial charge in [-0.25, -0.2) is 9.59 Å². The molecule has 16 heavy (non-hydrogen) atoms. The number of aromatic hydroxyl groups is 1. The van der Waals surface area contributed by atoms with Crippen LogP contribution < -0.4 is 4.90 Å². The number of ether oxygens (including phenoxy) is 1. The highest BCUT2D eigenvalue weighted by atomic mass is 16.6. The first-order chi connectivity index (χ1) is 7.58. The second-order valence-electron chi connectivity index (χ2n) is 3.34. The van der Waals surface area contributed by atoms with Crippen LogP contribution in [0.5, 0.6) is 5.75 Å². The van der Waals surface area contributed by atoms with Crippen LogP contribution in [0.3, 0.4) is 0 Å². The van der Waals surface area contributed by atoms with E-state index in [1.807, 2.05) is 0 Å². The van der Waals surface area contributed by atoms with Crippen LogP contribution in [0.2, 0.25) is 0 Å². The Morgan fingerprint density at radius 3 is 2.81 bits per heavy atom. The van der Waals surface area contributed by atoms with Gasteiger partial charge in [0, 0.05) is 6.07 Å². The van der Waals surface area contributed by atoms with Crippen LogP contribution in [0.25, 0.3) is 0 Å². The molecular formula is C10H9NO5. The maximum Gasteiger partial charge on any atom is 0.415 e. The summed E-state index contributed by atoms with van der Waals surface area (Å²) in [6, 6.07) is 5.97. The lowest BCUT2D eigenvalue weighted by molar-refractivity contribution is -0.144. The van der Waals surface area contributed by atoms with E-state index < -0.39 is 18.2 Å². The van der Waals surface area contributed by atoms with E-state index in [-0.39, 0.29) is 12.3 Å². The number of carboxylic acid groups (broad SMARTS) is 1. The van der Waals surface area contributed by atoms with Crippen LogP contribution in [0.1, 0.15) is 0 Å². The Hall–Kier alpha value is -2.24. The van der Waals surface area contributed by atoms with Crippen molar-refractivity contribution in [2.75, 3.05) is 11.4 Å². The molecule has 1 aliphatic heterocycles. The summed E-state index contributed by atoms with van der Waals surface area (Å²) in [4.78, 5) is 23.2. The molecule has 2 rings (SSSR count). The number of hydrogen-bond donors (Lipinski definition) is 2. The molecule has 1 unspecified atom stereocenters. The molecule has 6 nitrogen and oxygen atoms in total. The molecule has 0 aromatic heterocycles. The van der Waals surface area contributed by atoms with E-state index in [0.29, 0.717) is 5.69 Å². The summed E-state index contributed by atoms with van der Waals surface area (Å²) < 4.78 is 4.64. The number of cyclic esters (lactones) is 1. The molecule has 6 heteroatoms. The summed E-state index contributed by atoms with van der Waals surface area (Å²) in [5.74, 6) is -1.18. The number of aliphatic carboxylic acids is 1. The Balaban J connectivity index is 2.23. The lowest BCUT2D eigenvalue weighted by Crippen LogP contribution is -2.27. The second-order valence-corrected chi connectivity index (χ2v) is 3.34. The average Bonchev–Trinajstić information content (AvgIpc) is 2.60. The number of carbonyl (C=O) groups is 2. The van der Waals surface area contributed by atoms with E-state index in [1.165, 1.54) is 17.0 Å². The Morgan fingerprint density at radius 1 is 1.50 bits per heavy atom. The zero-order valence-corrected chi connectivity index (χ0v) is 8.16. The minimum Gasteiger partial charge on any atom is -0.508 e. The zero-order valence-electron chi connectivity index (χ0n) is 8.16. The van der Waals surface area contributed by atoms with Crippen molar-refractivity contribution in [3.8, 4) is 5.75 Å². The summed E-state index contributed by atoms with van der Waals surface area (Å²) in [5.41, 5.74) is 0.411. The van der Waals surface area contributed by atoms with Gasteiger partial charge in [0.05, 0.1) is 12.2 Å². The lowest BCUT2D eigenvalue weighted by Gasteiger charge is -2.12. The van der Waals surface area contributed by atoms with E-state index in [0.717, 1.165) is 0 Å². The smallest absolute Gasteiger partial charge is 0.415 e. The van der Waals surface area contributed by atoms with Gasteiger partial charge in [0.25, 0.3) is 0 Å². The van der Waals surface area contributed by atoms with Crippen LogP contribution in [0, 0.1) is 0 Å². The number of hydrogen-bond acceptors (Lipinski definition) is 4. The van der Waals surface area contributed by atoms with Crippen LogP contribution in [-0.4, -0.2) is 34.9 Å². The molecule has 0 saturated carbocycles. The number of carboxylic acids is 1. The summed E-state index contributed by atoms with van der Waals surface area (Å²) >= 11 is 0. The van der Waals surface area contributed by atoms with Gasteiger partial charge >= 0.3 is 12.1 Å². The highest BCUT2D eigenvalue weighted by molar-refractivity contribution is 5.93. The molecule has 1 heterocycles. The molecule has 84 valence electrons. The van der Waals surface area contributed by atoms with E-state index in [1.54, 1.807) is 12.1 Å². The Kier molecular flexibility index (Phi) is 2.40. The molecule has 1 atom stereocenters. The quantitative estimate of drug-likeness (QED) is 0.774. The van der Waals surface area contributed by atoms with Crippen molar-refractivity contribution in [1.82, 2.24) is 0 Å². The minimum absolute atomic E-state index is 0.00377. The van der Waals surface area contributed by atoms with Crippen molar-refractivity contribution in [2.45, 2.75) is 6.10 Å². The summed E-state index contributed by atoms with van der Waals surface area (Å²) in [6.07, 6.45) is -1.88. The Morgan fingerprint density at radius 2 is 2.25 bits per heavy atom. The standard InChI is InChI=1S/C10H9NO5/c12-7-3-1-2-6(4-7)11-5-8(9(13)14)16-10(11)15/h1-4,8,12H,5H2,(H,13,14). The fourth-order valence-corrected chi connectivity index (χ4v) is 1.46. The van der Waals surface area contributed by atoms with Gasteiger partial charge in [0.2, 0.25) is 6.10 Å². The Bertz CT molecular complexity index is 445. The summed E-state index contributed by atoms with van der Waals surface area (Å²) in [5, 5.41) is 17.9. The number of phenolic OH excluding ortho intramolecular Hbond substituents is 1. The third-order valence-electron chi connectivity index (χ3n) is 2.23. The molecule has 1 amide bonds. The SMILES string of the molecule is O=C(O)C1CN(c2cccc(O)c2)C(=O)O1. The van der Waals surface area contributed by atoms with Crippen molar-refractivity contribution in [3.05, 3.63) is 24.3 Å². The first-order valence-electron chi connectivity index (χ1n) is 4.58. The third-order valence-corrected chi connectivity index (χ3v) is 2.23. The van der Waals surface area contributed by atoms with E-state index in [9.17, 15) is 14.7 Å². The highest BCUT2D eigenvalue weighted by Gasteiger charge is 2.36. The maximum absolute atomic E-state index is 11.4. The molecule has 0 aliphatic carbocycles. The van der Waals surface area contributed by atoms with Crippen molar-refractivity contribution < 1.29 is 24.5 Å². The normalized spacial score (nSPS) is 19.6. The number of amides is 1. The van der Waals surface area contributed by atoms with Crippen LogP contribution in [0.15, 0.2) is 24.3 Å². The van der Waals surface area contributed by atoms with Gasteiger partial charge in [0.15, 0.2) is 0 Å². The van der Waals surface area contributed by atoms with Crippen LogP contribution in [-0.2, 0) is 9.53 Å². The molecule has 0 radical (unpaired) electrons. The second kappa shape index (κ2) is 3.73. The maximum atomic E-state index is 11.4. The lowest BCUT2D eigenvalue weighted by atomic mass is 10.2. The van der Waals surface area contributed by atoms with Gasteiger partial charge in [-0.1, -0.05) is 6.07 Å². The van der Waals surface area contributed by atoms with E-state index in [4.69, 9.17) is 5.11 Å². The zero-order chi connectivity index (χ0) is 11.7. The largest absolute Gasteiger partial charge is 0.508 e. The summed E-state index contributed by atoms with van der Waals surface area (Å²) in [7, 11) is 0. The van der Waals surface area contributed by atoms with Gasteiger partial charge in [-0.2, -0.15) is 0 Å². The van der Waals surface area contributed by atoms with Gasteiger partial charge in [-0.3, -0.25) is 4.90 Å². The van der Waals surface area contributed by atoms with Crippen LogP contribution >= 0.6 is 0 Å². The molecule has 1 saturated heterocycles. The minimum atomic E-state index is -1.18. The number of nitrogens with zero attached hydrogens (tertiary/aromatic N) is 1. The molecule has 0 spiro atoms. The van der Waals surface area contributed by atoms with Crippen molar-refractivity contribution in [3.63, 3.8) is 0 Å². The van der Waals surface area contributed by atoms with Gasteiger partial charge in [-0.15, -0.1) is 0 Å². The van der Waals surface area contributed by atoms with Crippen molar-refractivity contribution in [1.29, 1.82) is 0 Å². The first-order valence-corrected chi connectivity index (χ1v) is 4.58. The number of benzene rings is 1. The fourth-order valence-electron chi connectivity index (χ4n) is 1.46. The number of phenols is 1. The number of anilines is 1. The summed E-state index contributed by atoms with van der Waals surface area (Å²) in [6.45, 7) is -0.0579. The average molecular weight is 223 g/mol. The molecule has 1 aromatic rings. The van der Waals surface area contributed by atoms with E-state index in [2.05, 4.69) is 4.74 Å². The molecule has 0 bridgehead atoms. The fraction of sp³-hybridized carbons (Fsp3) is 0.200. The highest BCUT2D eigenvalue weighted by Crippen LogP contribution is 2.24. The van der Waals surface area contributed by atoms with E-state index >= 15 is 0 Å². The molecular weight excluding hydrogens is 214 g/mol. The molecule has 1 fully saturated rings. The number of rotatable bonds is 2. The van der Waals surface area contributed by atoms with Crippen LogP contribution in [0.4, 0.5) is 10.5 Å². The Labute approximate surface area is 90.7 Å². The topological polar surface area (TPSA) is 87.1 Å². The van der Waals surface area contributed by atoms with Gasteiger partial charge in [0.1, 0.15) is 5.75 Å². The van der Waals surface area contributed by atoms with Crippen molar-refractivity contribution >= 4 is 17.7 Å². The van der Waals surface area contributed by atoms with Crippen molar-refractivity contribution in [2.24, 2.45) is 0 Å². The van der Waals surface area contributed by atoms with Gasteiger partial charge < -0.3 is 14.9 Å².